The molecular weight excluding hydrogens is 228 g/mol. The SMILES string of the molecule is [c]1ncc(N2CCOCC2)c(-c2ccccn2)n1. The Morgan fingerprint density at radius 3 is 2.89 bits per heavy atom. The second-order valence-electron chi connectivity index (χ2n) is 4.02. The van der Waals surface area contributed by atoms with Crippen LogP contribution in [0.3, 0.4) is 0 Å². The maximum atomic E-state index is 5.36. The van der Waals surface area contributed by atoms with Crippen LogP contribution in [0.4, 0.5) is 5.69 Å². The zero-order valence-corrected chi connectivity index (χ0v) is 9.91. The number of ether oxygens (including phenoxy) is 1. The molecule has 0 amide bonds. The highest BCUT2D eigenvalue weighted by Gasteiger charge is 2.17. The molecule has 91 valence electrons. The van der Waals surface area contributed by atoms with Gasteiger partial charge in [-0.05, 0) is 12.1 Å². The van der Waals surface area contributed by atoms with Gasteiger partial charge in [0.2, 0.25) is 0 Å². The largest absolute Gasteiger partial charge is 0.378 e. The number of morpholine rings is 1. The van der Waals surface area contributed by atoms with Crippen LogP contribution in [0.2, 0.25) is 0 Å². The predicted octanol–water partition coefficient (Wildman–Crippen LogP) is 1.18. The summed E-state index contributed by atoms with van der Waals surface area (Å²) in [5.74, 6) is 0. The van der Waals surface area contributed by atoms with Gasteiger partial charge in [-0.2, -0.15) is 0 Å². The van der Waals surface area contributed by atoms with E-state index in [2.05, 4.69) is 26.2 Å². The molecule has 0 unspecified atom stereocenters. The summed E-state index contributed by atoms with van der Waals surface area (Å²) in [4.78, 5) is 14.8. The second kappa shape index (κ2) is 5.10. The number of pyridine rings is 1. The fraction of sp³-hybridized carbons (Fsp3) is 0.308. The van der Waals surface area contributed by atoms with Crippen LogP contribution < -0.4 is 4.90 Å². The van der Waals surface area contributed by atoms with Gasteiger partial charge in [-0.3, -0.25) is 4.98 Å². The Labute approximate surface area is 105 Å². The van der Waals surface area contributed by atoms with Gasteiger partial charge >= 0.3 is 0 Å². The Morgan fingerprint density at radius 2 is 2.11 bits per heavy atom. The van der Waals surface area contributed by atoms with Gasteiger partial charge in [0, 0.05) is 19.3 Å². The smallest absolute Gasteiger partial charge is 0.198 e. The van der Waals surface area contributed by atoms with Gasteiger partial charge in [0.25, 0.3) is 0 Å². The van der Waals surface area contributed by atoms with E-state index < -0.39 is 0 Å². The van der Waals surface area contributed by atoms with E-state index in [1.165, 1.54) is 0 Å². The molecule has 2 aromatic rings. The highest BCUT2D eigenvalue weighted by molar-refractivity contribution is 5.71. The van der Waals surface area contributed by atoms with Gasteiger partial charge < -0.3 is 9.64 Å². The summed E-state index contributed by atoms with van der Waals surface area (Å²) in [6, 6.07) is 5.79. The summed E-state index contributed by atoms with van der Waals surface area (Å²) in [6.45, 7) is 3.18. The van der Waals surface area contributed by atoms with Crippen molar-refractivity contribution in [1.29, 1.82) is 0 Å². The van der Waals surface area contributed by atoms with Gasteiger partial charge in [0.15, 0.2) is 6.33 Å². The lowest BCUT2D eigenvalue weighted by molar-refractivity contribution is 0.122. The van der Waals surface area contributed by atoms with Crippen molar-refractivity contribution in [3.05, 3.63) is 36.9 Å². The van der Waals surface area contributed by atoms with Crippen LogP contribution >= 0.6 is 0 Å². The van der Waals surface area contributed by atoms with Crippen molar-refractivity contribution in [1.82, 2.24) is 15.0 Å². The summed E-state index contributed by atoms with van der Waals surface area (Å²) < 4.78 is 5.36. The fourth-order valence-corrected chi connectivity index (χ4v) is 2.01. The molecule has 3 heterocycles. The number of aromatic nitrogens is 3. The van der Waals surface area contributed by atoms with Gasteiger partial charge in [-0.1, -0.05) is 6.07 Å². The molecule has 0 aliphatic carbocycles. The van der Waals surface area contributed by atoms with Crippen molar-refractivity contribution >= 4 is 5.69 Å². The molecule has 1 aliphatic rings. The van der Waals surface area contributed by atoms with Gasteiger partial charge in [0.1, 0.15) is 5.69 Å². The minimum absolute atomic E-state index is 0.736. The minimum atomic E-state index is 0.736. The van der Waals surface area contributed by atoms with E-state index >= 15 is 0 Å². The lowest BCUT2D eigenvalue weighted by atomic mass is 10.2. The Balaban J connectivity index is 1.99. The van der Waals surface area contributed by atoms with Gasteiger partial charge in [0.05, 0.1) is 30.8 Å². The average molecular weight is 241 g/mol. The van der Waals surface area contributed by atoms with E-state index in [1.807, 2.05) is 18.2 Å². The van der Waals surface area contributed by atoms with E-state index in [9.17, 15) is 0 Å². The molecule has 0 spiro atoms. The third-order valence-electron chi connectivity index (χ3n) is 2.91. The molecule has 0 saturated carbocycles. The summed E-state index contributed by atoms with van der Waals surface area (Å²) in [5.41, 5.74) is 2.67. The maximum absolute atomic E-state index is 5.36. The maximum Gasteiger partial charge on any atom is 0.198 e. The minimum Gasteiger partial charge on any atom is -0.378 e. The van der Waals surface area contributed by atoms with Crippen LogP contribution in [-0.4, -0.2) is 41.3 Å². The van der Waals surface area contributed by atoms with Crippen LogP contribution in [0.15, 0.2) is 30.6 Å². The Morgan fingerprint density at radius 1 is 1.22 bits per heavy atom. The van der Waals surface area contributed by atoms with Crippen LogP contribution in [0, 0.1) is 6.33 Å². The van der Waals surface area contributed by atoms with E-state index in [0.29, 0.717) is 0 Å². The Hall–Kier alpha value is -2.01. The first-order valence-electron chi connectivity index (χ1n) is 5.92. The van der Waals surface area contributed by atoms with Crippen molar-refractivity contribution in [2.24, 2.45) is 0 Å². The fourth-order valence-electron chi connectivity index (χ4n) is 2.01. The highest BCUT2D eigenvalue weighted by atomic mass is 16.5. The summed E-state index contributed by atoms with van der Waals surface area (Å²) in [5, 5.41) is 0. The average Bonchev–Trinajstić information content (AvgIpc) is 2.49. The first-order valence-corrected chi connectivity index (χ1v) is 5.92. The van der Waals surface area contributed by atoms with Crippen LogP contribution in [0.1, 0.15) is 0 Å². The molecule has 0 bridgehead atoms. The predicted molar refractivity (Wildman–Crippen MR) is 67.1 cm³/mol. The number of nitrogens with zero attached hydrogens (tertiary/aromatic N) is 4. The van der Waals surface area contributed by atoms with E-state index in [0.717, 1.165) is 43.4 Å². The van der Waals surface area contributed by atoms with Crippen LogP contribution in [0.25, 0.3) is 11.4 Å². The first kappa shape index (κ1) is 11.1. The summed E-state index contributed by atoms with van der Waals surface area (Å²) in [6.07, 6.45) is 6.20. The molecule has 1 radical (unpaired) electrons. The normalized spacial score (nSPS) is 15.7. The number of anilines is 1. The number of hydrogen-bond donors (Lipinski definition) is 0. The second-order valence-corrected chi connectivity index (χ2v) is 4.02. The third-order valence-corrected chi connectivity index (χ3v) is 2.91. The monoisotopic (exact) mass is 241 g/mol. The first-order chi connectivity index (χ1) is 8.95. The molecule has 0 atom stereocenters. The van der Waals surface area contributed by atoms with Crippen molar-refractivity contribution < 1.29 is 4.74 Å². The van der Waals surface area contributed by atoms with Crippen molar-refractivity contribution in [2.45, 2.75) is 0 Å². The standard InChI is InChI=1S/C13H13N4O/c1-2-4-15-11(3-1)13-12(9-14-10-16-13)17-5-7-18-8-6-17/h1-4,9H,5-8H2. The zero-order chi connectivity index (χ0) is 12.2. The Bertz CT molecular complexity index is 511. The molecule has 5 heteroatoms. The number of hydrogen-bond acceptors (Lipinski definition) is 5. The zero-order valence-electron chi connectivity index (χ0n) is 9.91. The Kier molecular flexibility index (Phi) is 3.14. The van der Waals surface area contributed by atoms with Crippen molar-refractivity contribution in [3.63, 3.8) is 0 Å². The van der Waals surface area contributed by atoms with Crippen LogP contribution in [-0.2, 0) is 4.74 Å². The van der Waals surface area contributed by atoms with Crippen molar-refractivity contribution in [3.8, 4) is 11.4 Å². The molecule has 1 aliphatic heterocycles. The summed E-state index contributed by atoms with van der Waals surface area (Å²) >= 11 is 0. The van der Waals surface area contributed by atoms with E-state index in [-0.39, 0.29) is 0 Å². The molecular formula is C13H13N4O. The molecule has 2 aromatic heterocycles. The lowest BCUT2D eigenvalue weighted by Crippen LogP contribution is -2.36. The molecule has 1 saturated heterocycles. The van der Waals surface area contributed by atoms with E-state index in [1.54, 1.807) is 12.4 Å². The molecule has 0 N–H and O–H groups in total. The molecule has 1 fully saturated rings. The summed E-state index contributed by atoms with van der Waals surface area (Å²) in [7, 11) is 0. The van der Waals surface area contributed by atoms with Crippen LogP contribution in [0.5, 0.6) is 0 Å². The molecule has 5 nitrogen and oxygen atoms in total. The highest BCUT2D eigenvalue weighted by Crippen LogP contribution is 2.26. The molecule has 18 heavy (non-hydrogen) atoms. The molecule has 0 aromatic carbocycles. The lowest BCUT2D eigenvalue weighted by Gasteiger charge is -2.29. The van der Waals surface area contributed by atoms with E-state index in [4.69, 9.17) is 4.74 Å². The number of rotatable bonds is 2. The third kappa shape index (κ3) is 2.17. The topological polar surface area (TPSA) is 51.1 Å². The molecule has 3 rings (SSSR count). The van der Waals surface area contributed by atoms with Crippen molar-refractivity contribution in [2.75, 3.05) is 31.2 Å². The quantitative estimate of drug-likeness (QED) is 0.790. The van der Waals surface area contributed by atoms with Gasteiger partial charge in [-0.25, -0.2) is 9.97 Å². The van der Waals surface area contributed by atoms with Gasteiger partial charge in [-0.15, -0.1) is 0 Å².